The Morgan fingerprint density at radius 2 is 1.67 bits per heavy atom. The minimum Gasteiger partial charge on any atom is -0.502 e. The molecule has 2 N–H and O–H groups in total. The van der Waals surface area contributed by atoms with Crippen LogP contribution >= 0.6 is 0 Å². The Labute approximate surface area is 190 Å². The molecule has 0 aromatic heterocycles. The van der Waals surface area contributed by atoms with Crippen LogP contribution in [0.15, 0.2) is 24.3 Å². The van der Waals surface area contributed by atoms with Gasteiger partial charge < -0.3 is 38.6 Å². The average Bonchev–Trinajstić information content (AvgIpc) is 3.44. The number of hydrogen-bond donors (Lipinski definition) is 2. The Morgan fingerprint density at radius 3 is 2.30 bits per heavy atom. The number of fused-ring (bicyclic) bond motifs is 3. The molecule has 33 heavy (non-hydrogen) atoms. The summed E-state index contributed by atoms with van der Waals surface area (Å²) in [7, 11) is 2.92. The number of hydrogen-bond acceptors (Lipinski definition) is 9. The van der Waals surface area contributed by atoms with Crippen molar-refractivity contribution in [2.24, 2.45) is 11.8 Å². The van der Waals surface area contributed by atoms with Crippen LogP contribution in [0, 0.1) is 11.8 Å². The molecule has 4 atom stereocenters. The molecule has 2 aromatic carbocycles. The Bertz CT molecular complexity index is 1040. The van der Waals surface area contributed by atoms with Crippen LogP contribution in [0.2, 0.25) is 0 Å². The summed E-state index contributed by atoms with van der Waals surface area (Å²) in [6.07, 6.45) is 0.0768. The van der Waals surface area contributed by atoms with Gasteiger partial charge in [0.25, 0.3) is 0 Å². The van der Waals surface area contributed by atoms with E-state index >= 15 is 0 Å². The highest BCUT2D eigenvalue weighted by Crippen LogP contribution is 2.56. The lowest BCUT2D eigenvalue weighted by atomic mass is 9.66. The van der Waals surface area contributed by atoms with Gasteiger partial charge in [-0.25, -0.2) is 0 Å². The number of aromatic hydroxyl groups is 1. The van der Waals surface area contributed by atoms with E-state index in [0.29, 0.717) is 24.5 Å². The molecule has 176 valence electrons. The van der Waals surface area contributed by atoms with E-state index in [1.54, 1.807) is 12.1 Å². The van der Waals surface area contributed by atoms with Gasteiger partial charge in [0.15, 0.2) is 23.0 Å². The van der Waals surface area contributed by atoms with Gasteiger partial charge in [-0.2, -0.15) is 0 Å². The third-order valence-corrected chi connectivity index (χ3v) is 6.58. The number of cyclic esters (lactones) is 1. The fourth-order valence-electron chi connectivity index (χ4n) is 5.09. The monoisotopic (exact) mass is 458 g/mol. The molecule has 0 unspecified atom stereocenters. The number of rotatable bonds is 7. The van der Waals surface area contributed by atoms with Gasteiger partial charge in [-0.15, -0.1) is 0 Å². The second-order valence-electron chi connectivity index (χ2n) is 8.27. The average molecular weight is 458 g/mol. The number of phenols is 1. The third-order valence-electron chi connectivity index (χ3n) is 6.58. The first kappa shape index (κ1) is 21.7. The number of benzene rings is 2. The van der Waals surface area contributed by atoms with Crippen LogP contribution in [-0.4, -0.2) is 57.0 Å². The molecule has 0 amide bonds. The van der Waals surface area contributed by atoms with Crippen LogP contribution in [0.4, 0.5) is 0 Å². The molecule has 0 bridgehead atoms. The van der Waals surface area contributed by atoms with Crippen molar-refractivity contribution >= 4 is 5.97 Å². The molecule has 5 rings (SSSR count). The van der Waals surface area contributed by atoms with Crippen molar-refractivity contribution in [1.29, 1.82) is 0 Å². The van der Waals surface area contributed by atoms with E-state index in [9.17, 15) is 15.0 Å². The first-order valence-corrected chi connectivity index (χ1v) is 10.8. The summed E-state index contributed by atoms with van der Waals surface area (Å²) >= 11 is 0. The number of carbonyl (C=O) groups excluding carboxylic acids is 1. The number of ether oxygens (including phenoxy) is 6. The van der Waals surface area contributed by atoms with E-state index in [2.05, 4.69) is 0 Å². The quantitative estimate of drug-likeness (QED) is 0.477. The largest absolute Gasteiger partial charge is 0.502 e. The maximum absolute atomic E-state index is 13.0. The summed E-state index contributed by atoms with van der Waals surface area (Å²) < 4.78 is 33.7. The van der Waals surface area contributed by atoms with Crippen LogP contribution in [0.3, 0.4) is 0 Å². The van der Waals surface area contributed by atoms with Gasteiger partial charge in [-0.1, -0.05) is 0 Å². The zero-order valence-corrected chi connectivity index (χ0v) is 18.4. The number of esters is 1. The summed E-state index contributed by atoms with van der Waals surface area (Å²) in [6, 6.07) is 7.22. The normalized spacial score (nSPS) is 24.8. The van der Waals surface area contributed by atoms with Gasteiger partial charge in [0.05, 0.1) is 32.8 Å². The molecule has 1 saturated heterocycles. The Morgan fingerprint density at radius 1 is 1.00 bits per heavy atom. The number of aliphatic hydroxyl groups is 1. The van der Waals surface area contributed by atoms with Gasteiger partial charge in [-0.3, -0.25) is 4.79 Å². The molecule has 2 heterocycles. The highest BCUT2D eigenvalue weighted by Gasteiger charge is 2.53. The molecular weight excluding hydrogens is 432 g/mol. The molecule has 9 heteroatoms. The standard InChI is InChI=1S/C24H26O9/c1-28-18-6-12(7-19(29-2)22(18)26)20-13-8-16-17(33-11-32-16)9-14(13)23(30-5-3-4-25)15-10-31-24(27)21(15)20/h6-9,15,20-21,23,25-26H,3-5,10-11H2,1-2H3/t15-,20+,21-,23+/m0/s1. The molecular formula is C24H26O9. The summed E-state index contributed by atoms with van der Waals surface area (Å²) in [6.45, 7) is 0.705. The van der Waals surface area contributed by atoms with Gasteiger partial charge in [-0.05, 0) is 47.4 Å². The molecule has 0 spiro atoms. The van der Waals surface area contributed by atoms with E-state index in [0.717, 1.165) is 16.7 Å². The van der Waals surface area contributed by atoms with Crippen molar-refractivity contribution in [1.82, 2.24) is 0 Å². The molecule has 0 radical (unpaired) electrons. The molecule has 0 saturated carbocycles. The first-order chi connectivity index (χ1) is 16.1. The van der Waals surface area contributed by atoms with E-state index < -0.39 is 17.9 Å². The van der Waals surface area contributed by atoms with Gasteiger partial charge in [0, 0.05) is 25.0 Å². The van der Waals surface area contributed by atoms with Gasteiger partial charge in [0.2, 0.25) is 12.5 Å². The Hall–Kier alpha value is -3.17. The van der Waals surface area contributed by atoms with E-state index in [-0.39, 0.29) is 49.1 Å². The number of aliphatic hydroxyl groups excluding tert-OH is 1. The van der Waals surface area contributed by atoms with Crippen molar-refractivity contribution in [3.63, 3.8) is 0 Å². The SMILES string of the molecule is COc1cc([C@@H]2c3cc4c(cc3[C@@H](OCCCO)[C@H]3COC(=O)[C@H]23)OCO4)cc(OC)c1O. The highest BCUT2D eigenvalue weighted by molar-refractivity contribution is 5.79. The summed E-state index contributed by atoms with van der Waals surface area (Å²) in [5.74, 6) is 0.123. The lowest BCUT2D eigenvalue weighted by molar-refractivity contribution is -0.141. The lowest BCUT2D eigenvalue weighted by Gasteiger charge is -2.39. The number of phenolic OH excluding ortho intramolecular Hbond substituents is 1. The highest BCUT2D eigenvalue weighted by atomic mass is 16.7. The Kier molecular flexibility index (Phi) is 5.67. The van der Waals surface area contributed by atoms with Crippen LogP contribution in [0.25, 0.3) is 0 Å². The minimum atomic E-state index is -0.518. The summed E-state index contributed by atoms with van der Waals surface area (Å²) in [5.41, 5.74) is 2.47. The molecule has 2 aromatic rings. The zero-order chi connectivity index (χ0) is 23.1. The molecule has 3 aliphatic rings. The van der Waals surface area contributed by atoms with E-state index in [4.69, 9.17) is 28.4 Å². The predicted octanol–water partition coefficient (Wildman–Crippen LogP) is 2.51. The van der Waals surface area contributed by atoms with Crippen molar-refractivity contribution in [3.05, 3.63) is 41.0 Å². The van der Waals surface area contributed by atoms with Gasteiger partial charge >= 0.3 is 5.97 Å². The second kappa shape index (κ2) is 8.64. The number of carbonyl (C=O) groups is 1. The lowest BCUT2D eigenvalue weighted by Crippen LogP contribution is -2.36. The predicted molar refractivity (Wildman–Crippen MR) is 114 cm³/mol. The van der Waals surface area contributed by atoms with Crippen molar-refractivity contribution in [3.8, 4) is 28.7 Å². The van der Waals surface area contributed by atoms with E-state index in [1.165, 1.54) is 14.2 Å². The smallest absolute Gasteiger partial charge is 0.310 e. The van der Waals surface area contributed by atoms with Crippen LogP contribution in [-0.2, 0) is 14.3 Å². The molecule has 9 nitrogen and oxygen atoms in total. The molecule has 1 aliphatic carbocycles. The van der Waals surface area contributed by atoms with Crippen molar-refractivity contribution < 1.29 is 43.4 Å². The van der Waals surface area contributed by atoms with Crippen molar-refractivity contribution in [2.75, 3.05) is 40.8 Å². The fourth-order valence-corrected chi connectivity index (χ4v) is 5.09. The minimum absolute atomic E-state index is 0.0139. The van der Waals surface area contributed by atoms with Gasteiger partial charge in [0.1, 0.15) is 0 Å². The van der Waals surface area contributed by atoms with Crippen molar-refractivity contribution in [2.45, 2.75) is 18.4 Å². The maximum atomic E-state index is 13.0. The molecule has 2 aliphatic heterocycles. The third kappa shape index (κ3) is 3.52. The molecule has 1 fully saturated rings. The topological polar surface area (TPSA) is 113 Å². The van der Waals surface area contributed by atoms with Crippen LogP contribution in [0.5, 0.6) is 28.7 Å². The fraction of sp³-hybridized carbons (Fsp3) is 0.458. The maximum Gasteiger partial charge on any atom is 0.310 e. The Balaban J connectivity index is 1.69. The summed E-state index contributed by atoms with van der Waals surface area (Å²) in [4.78, 5) is 13.0. The second-order valence-corrected chi connectivity index (χ2v) is 8.27. The summed E-state index contributed by atoms with van der Waals surface area (Å²) in [5, 5.41) is 19.6. The van der Waals surface area contributed by atoms with Crippen LogP contribution < -0.4 is 18.9 Å². The van der Waals surface area contributed by atoms with E-state index in [1.807, 2.05) is 12.1 Å². The number of methoxy groups -OCH3 is 2. The first-order valence-electron chi connectivity index (χ1n) is 10.8. The van der Waals surface area contributed by atoms with Crippen LogP contribution in [0.1, 0.15) is 35.1 Å². The zero-order valence-electron chi connectivity index (χ0n) is 18.4.